The molecule has 0 saturated carbocycles. The summed E-state index contributed by atoms with van der Waals surface area (Å²) < 4.78 is 4.20. The maximum Gasteiger partial charge on any atom is 0.0402 e. The van der Waals surface area contributed by atoms with E-state index in [4.69, 9.17) is 0 Å². The Bertz CT molecular complexity index is 224. The van der Waals surface area contributed by atoms with Gasteiger partial charge in [0.1, 0.15) is 0 Å². The molecule has 1 aromatic rings. The van der Waals surface area contributed by atoms with Crippen LogP contribution in [0.1, 0.15) is 16.7 Å². The van der Waals surface area contributed by atoms with Gasteiger partial charge in [0.25, 0.3) is 0 Å². The summed E-state index contributed by atoms with van der Waals surface area (Å²) in [7, 11) is 0. The fourth-order valence-corrected chi connectivity index (χ4v) is 3.71. The van der Waals surface area contributed by atoms with Gasteiger partial charge in [-0.3, -0.25) is 0 Å². The fraction of sp³-hybridized carbons (Fsp3) is 0.333. The molecular weight excluding hydrogens is 489 g/mol. The van der Waals surface area contributed by atoms with Crippen LogP contribution in [0.3, 0.4) is 0 Å². The summed E-state index contributed by atoms with van der Waals surface area (Å²) in [5.74, 6) is 0. The van der Waals surface area contributed by atoms with E-state index in [-0.39, 0.29) is 0 Å². The molecule has 66 valence electrons. The van der Waals surface area contributed by atoms with Crippen LogP contribution in [0.5, 0.6) is 0 Å². The minimum Gasteiger partial charge on any atom is -0.0431 e. The molecule has 0 unspecified atom stereocenters. The highest BCUT2D eigenvalue weighted by atomic mass is 127. The topological polar surface area (TPSA) is 0 Å². The standard InChI is InChI=1S/C9H9I3/c1-4-5(2)7(10)9(12)8(11)6(4)3/h1-3H3. The zero-order chi connectivity index (χ0) is 9.46. The van der Waals surface area contributed by atoms with Crippen molar-refractivity contribution in [2.75, 3.05) is 0 Å². The van der Waals surface area contributed by atoms with Gasteiger partial charge in [-0.05, 0) is 105 Å². The molecule has 0 aliphatic rings. The predicted octanol–water partition coefficient (Wildman–Crippen LogP) is 4.43. The Morgan fingerprint density at radius 1 is 0.583 bits per heavy atom. The summed E-state index contributed by atoms with van der Waals surface area (Å²) >= 11 is 7.27. The summed E-state index contributed by atoms with van der Waals surface area (Å²) in [5, 5.41) is 0. The van der Waals surface area contributed by atoms with Crippen LogP contribution in [-0.4, -0.2) is 0 Å². The van der Waals surface area contributed by atoms with Crippen molar-refractivity contribution in [3.8, 4) is 0 Å². The highest BCUT2D eigenvalue weighted by molar-refractivity contribution is 14.1. The molecule has 0 nitrogen and oxygen atoms in total. The van der Waals surface area contributed by atoms with Gasteiger partial charge in [-0.25, -0.2) is 0 Å². The molecule has 0 atom stereocenters. The molecule has 0 aliphatic heterocycles. The lowest BCUT2D eigenvalue weighted by Gasteiger charge is -2.12. The van der Waals surface area contributed by atoms with Gasteiger partial charge in [0.2, 0.25) is 0 Å². The van der Waals surface area contributed by atoms with Gasteiger partial charge in [0, 0.05) is 10.7 Å². The monoisotopic (exact) mass is 498 g/mol. The molecule has 0 radical (unpaired) electrons. The SMILES string of the molecule is Cc1c(C)c(I)c(I)c(I)c1C. The molecular formula is C9H9I3. The van der Waals surface area contributed by atoms with Crippen molar-refractivity contribution in [1.82, 2.24) is 0 Å². The average molecular weight is 498 g/mol. The molecule has 0 heterocycles. The molecule has 12 heavy (non-hydrogen) atoms. The Hall–Kier alpha value is 1.41. The second-order valence-electron chi connectivity index (χ2n) is 2.82. The van der Waals surface area contributed by atoms with Gasteiger partial charge >= 0.3 is 0 Å². The van der Waals surface area contributed by atoms with Crippen LogP contribution in [0, 0.1) is 31.5 Å². The fourth-order valence-electron chi connectivity index (χ4n) is 1.04. The lowest BCUT2D eigenvalue weighted by atomic mass is 10.1. The largest absolute Gasteiger partial charge is 0.0431 e. The van der Waals surface area contributed by atoms with E-state index in [0.717, 1.165) is 0 Å². The van der Waals surface area contributed by atoms with Gasteiger partial charge in [0.05, 0.1) is 0 Å². The van der Waals surface area contributed by atoms with Crippen LogP contribution < -0.4 is 0 Å². The molecule has 0 fully saturated rings. The van der Waals surface area contributed by atoms with Gasteiger partial charge in [0.15, 0.2) is 0 Å². The van der Waals surface area contributed by atoms with Crippen molar-refractivity contribution in [1.29, 1.82) is 0 Å². The molecule has 0 bridgehead atoms. The van der Waals surface area contributed by atoms with Crippen LogP contribution in [-0.2, 0) is 0 Å². The minimum atomic E-state index is 1.40. The molecule has 1 aromatic carbocycles. The normalized spacial score (nSPS) is 10.5. The first-order chi connectivity index (χ1) is 5.46. The quantitative estimate of drug-likeness (QED) is 0.368. The first kappa shape index (κ1) is 11.5. The highest BCUT2D eigenvalue weighted by Crippen LogP contribution is 2.30. The van der Waals surface area contributed by atoms with Crippen molar-refractivity contribution >= 4 is 67.8 Å². The molecule has 0 amide bonds. The number of benzene rings is 1. The zero-order valence-corrected chi connectivity index (χ0v) is 13.6. The molecule has 1 rings (SSSR count). The minimum absolute atomic E-state index is 1.40. The number of hydrogen-bond donors (Lipinski definition) is 0. The Balaban J connectivity index is 3.60. The Morgan fingerprint density at radius 2 is 0.917 bits per heavy atom. The average Bonchev–Trinajstić information content (AvgIpc) is 2.08. The van der Waals surface area contributed by atoms with Crippen molar-refractivity contribution < 1.29 is 0 Å². The van der Waals surface area contributed by atoms with Crippen molar-refractivity contribution in [2.45, 2.75) is 20.8 Å². The maximum absolute atomic E-state index is 2.42. The van der Waals surface area contributed by atoms with Crippen molar-refractivity contribution in [2.24, 2.45) is 0 Å². The summed E-state index contributed by atoms with van der Waals surface area (Å²) in [5.41, 5.74) is 4.29. The van der Waals surface area contributed by atoms with Crippen LogP contribution >= 0.6 is 67.8 Å². The van der Waals surface area contributed by atoms with Gasteiger partial charge in [-0.2, -0.15) is 0 Å². The first-order valence-electron chi connectivity index (χ1n) is 3.57. The molecule has 0 aromatic heterocycles. The number of halogens is 3. The van der Waals surface area contributed by atoms with E-state index in [2.05, 4.69) is 88.5 Å². The summed E-state index contributed by atoms with van der Waals surface area (Å²) in [4.78, 5) is 0. The number of rotatable bonds is 0. The zero-order valence-electron chi connectivity index (χ0n) is 7.13. The van der Waals surface area contributed by atoms with Crippen LogP contribution in [0.15, 0.2) is 0 Å². The third-order valence-electron chi connectivity index (χ3n) is 2.17. The van der Waals surface area contributed by atoms with Crippen LogP contribution in [0.4, 0.5) is 0 Å². The molecule has 0 N–H and O–H groups in total. The van der Waals surface area contributed by atoms with E-state index < -0.39 is 0 Å². The van der Waals surface area contributed by atoms with E-state index in [9.17, 15) is 0 Å². The third-order valence-corrected chi connectivity index (χ3v) is 8.01. The van der Waals surface area contributed by atoms with E-state index in [1.807, 2.05) is 0 Å². The third kappa shape index (κ3) is 1.92. The van der Waals surface area contributed by atoms with Crippen LogP contribution in [0.25, 0.3) is 0 Å². The predicted molar refractivity (Wildman–Crippen MR) is 78.8 cm³/mol. The molecule has 0 aliphatic carbocycles. The van der Waals surface area contributed by atoms with Gasteiger partial charge in [-0.1, -0.05) is 0 Å². The Kier molecular flexibility index (Phi) is 4.10. The molecule has 3 heteroatoms. The van der Waals surface area contributed by atoms with Gasteiger partial charge < -0.3 is 0 Å². The van der Waals surface area contributed by atoms with Crippen molar-refractivity contribution in [3.05, 3.63) is 27.4 Å². The first-order valence-corrected chi connectivity index (χ1v) is 6.80. The lowest BCUT2D eigenvalue weighted by Crippen LogP contribution is -1.98. The van der Waals surface area contributed by atoms with Crippen molar-refractivity contribution in [3.63, 3.8) is 0 Å². The second kappa shape index (κ2) is 4.29. The molecule has 0 spiro atoms. The van der Waals surface area contributed by atoms with Gasteiger partial charge in [-0.15, -0.1) is 0 Å². The molecule has 0 saturated heterocycles. The lowest BCUT2D eigenvalue weighted by molar-refractivity contribution is 1.21. The van der Waals surface area contributed by atoms with Crippen LogP contribution in [0.2, 0.25) is 0 Å². The summed E-state index contributed by atoms with van der Waals surface area (Å²) in [6.45, 7) is 6.59. The van der Waals surface area contributed by atoms with E-state index in [0.29, 0.717) is 0 Å². The number of hydrogen-bond acceptors (Lipinski definition) is 0. The maximum atomic E-state index is 2.42. The Morgan fingerprint density at radius 3 is 1.25 bits per heavy atom. The summed E-state index contributed by atoms with van der Waals surface area (Å²) in [6.07, 6.45) is 0. The Labute approximate surface area is 114 Å². The van der Waals surface area contributed by atoms with E-state index >= 15 is 0 Å². The smallest absolute Gasteiger partial charge is 0.0402 e. The van der Waals surface area contributed by atoms with E-state index in [1.54, 1.807) is 0 Å². The summed E-state index contributed by atoms with van der Waals surface area (Å²) in [6, 6.07) is 0. The van der Waals surface area contributed by atoms with E-state index in [1.165, 1.54) is 27.4 Å². The second-order valence-corrected chi connectivity index (χ2v) is 6.05. The highest BCUT2D eigenvalue weighted by Gasteiger charge is 2.11.